The van der Waals surface area contributed by atoms with Crippen molar-refractivity contribution in [2.24, 2.45) is 0 Å². The summed E-state index contributed by atoms with van der Waals surface area (Å²) in [6, 6.07) is 6.00. The summed E-state index contributed by atoms with van der Waals surface area (Å²) >= 11 is 0. The molecule has 10 heteroatoms. The SMILES string of the molecule is Cc1nn(CCC#N)c(C)c1CCC(=O)NCCNC(=O)c1ccc(C(F)(F)F)cc1. The molecule has 0 atom stereocenters. The van der Waals surface area contributed by atoms with Gasteiger partial charge in [-0.05, 0) is 50.1 Å². The van der Waals surface area contributed by atoms with E-state index in [0.717, 1.165) is 41.2 Å². The van der Waals surface area contributed by atoms with Gasteiger partial charge in [-0.2, -0.15) is 23.5 Å². The molecule has 31 heavy (non-hydrogen) atoms. The number of rotatable bonds is 9. The van der Waals surface area contributed by atoms with Crippen LogP contribution >= 0.6 is 0 Å². The smallest absolute Gasteiger partial charge is 0.354 e. The normalized spacial score (nSPS) is 11.1. The predicted octanol–water partition coefficient (Wildman–Crippen LogP) is 2.91. The zero-order valence-electron chi connectivity index (χ0n) is 17.3. The Morgan fingerprint density at radius 2 is 1.77 bits per heavy atom. The molecule has 0 fully saturated rings. The van der Waals surface area contributed by atoms with E-state index in [2.05, 4.69) is 21.8 Å². The number of benzene rings is 1. The third-order valence-electron chi connectivity index (χ3n) is 4.78. The average molecular weight is 435 g/mol. The number of nitrogens with zero attached hydrogens (tertiary/aromatic N) is 3. The second kappa shape index (κ2) is 10.6. The number of hydrogen-bond donors (Lipinski definition) is 2. The van der Waals surface area contributed by atoms with Crippen molar-refractivity contribution in [2.75, 3.05) is 13.1 Å². The van der Waals surface area contributed by atoms with Crippen LogP contribution < -0.4 is 10.6 Å². The lowest BCUT2D eigenvalue weighted by atomic mass is 10.1. The Morgan fingerprint density at radius 3 is 2.39 bits per heavy atom. The maximum atomic E-state index is 12.6. The number of aromatic nitrogens is 2. The van der Waals surface area contributed by atoms with Crippen LogP contribution in [0.3, 0.4) is 0 Å². The van der Waals surface area contributed by atoms with Gasteiger partial charge in [-0.25, -0.2) is 0 Å². The van der Waals surface area contributed by atoms with Crippen molar-refractivity contribution in [1.82, 2.24) is 20.4 Å². The summed E-state index contributed by atoms with van der Waals surface area (Å²) in [5, 5.41) is 18.3. The van der Waals surface area contributed by atoms with Crippen LogP contribution in [0, 0.1) is 25.2 Å². The molecule has 2 rings (SSSR count). The highest BCUT2D eigenvalue weighted by Crippen LogP contribution is 2.29. The summed E-state index contributed by atoms with van der Waals surface area (Å²) in [6.07, 6.45) is -3.34. The molecule has 2 amide bonds. The van der Waals surface area contributed by atoms with Gasteiger partial charge in [0, 0.05) is 30.8 Å². The lowest BCUT2D eigenvalue weighted by Crippen LogP contribution is -2.34. The number of halogens is 3. The zero-order chi connectivity index (χ0) is 23.0. The molecule has 2 N–H and O–H groups in total. The third kappa shape index (κ3) is 6.84. The molecule has 0 spiro atoms. The Hall–Kier alpha value is -3.35. The molecule has 2 aromatic rings. The van der Waals surface area contributed by atoms with Gasteiger partial charge < -0.3 is 10.6 Å². The molecule has 0 saturated heterocycles. The number of alkyl halides is 3. The summed E-state index contributed by atoms with van der Waals surface area (Å²) < 4.78 is 39.4. The van der Waals surface area contributed by atoms with Crippen molar-refractivity contribution in [3.05, 3.63) is 52.3 Å². The van der Waals surface area contributed by atoms with Crippen molar-refractivity contribution in [3.63, 3.8) is 0 Å². The number of carbonyl (C=O) groups excluding carboxylic acids is 2. The molecule has 7 nitrogen and oxygen atoms in total. The molecule has 0 unspecified atom stereocenters. The van der Waals surface area contributed by atoms with Crippen LogP contribution in [0.5, 0.6) is 0 Å². The fourth-order valence-electron chi connectivity index (χ4n) is 3.09. The lowest BCUT2D eigenvalue weighted by molar-refractivity contribution is -0.137. The van der Waals surface area contributed by atoms with Gasteiger partial charge in [0.2, 0.25) is 5.91 Å². The topological polar surface area (TPSA) is 99.8 Å². The Labute approximate surface area is 178 Å². The minimum atomic E-state index is -4.45. The van der Waals surface area contributed by atoms with Crippen LogP contribution in [0.1, 0.15) is 45.7 Å². The van der Waals surface area contributed by atoms with E-state index in [0.29, 0.717) is 19.4 Å². The number of amides is 2. The van der Waals surface area contributed by atoms with Crippen LogP contribution in [-0.4, -0.2) is 34.7 Å². The molecule has 0 aliphatic heterocycles. The van der Waals surface area contributed by atoms with Gasteiger partial charge >= 0.3 is 6.18 Å². The maximum Gasteiger partial charge on any atom is 0.416 e. The van der Waals surface area contributed by atoms with Gasteiger partial charge in [-0.1, -0.05) is 0 Å². The van der Waals surface area contributed by atoms with E-state index in [-0.39, 0.29) is 31.0 Å². The number of nitriles is 1. The van der Waals surface area contributed by atoms with Crippen LogP contribution in [0.15, 0.2) is 24.3 Å². The highest BCUT2D eigenvalue weighted by Gasteiger charge is 2.30. The largest absolute Gasteiger partial charge is 0.416 e. The number of carbonyl (C=O) groups is 2. The summed E-state index contributed by atoms with van der Waals surface area (Å²) in [7, 11) is 0. The van der Waals surface area contributed by atoms with E-state index >= 15 is 0 Å². The maximum absolute atomic E-state index is 12.6. The van der Waals surface area contributed by atoms with Crippen molar-refractivity contribution in [3.8, 4) is 6.07 Å². The van der Waals surface area contributed by atoms with E-state index in [9.17, 15) is 22.8 Å². The van der Waals surface area contributed by atoms with E-state index in [4.69, 9.17) is 5.26 Å². The van der Waals surface area contributed by atoms with Crippen LogP contribution in [-0.2, 0) is 23.9 Å². The highest BCUT2D eigenvalue weighted by molar-refractivity contribution is 5.94. The quantitative estimate of drug-likeness (QED) is 0.592. The molecule has 1 heterocycles. The molecule has 0 bridgehead atoms. The fraction of sp³-hybridized carbons (Fsp3) is 0.429. The van der Waals surface area contributed by atoms with Gasteiger partial charge in [0.05, 0.1) is 30.3 Å². The van der Waals surface area contributed by atoms with Crippen molar-refractivity contribution >= 4 is 11.8 Å². The Balaban J connectivity index is 1.73. The first-order valence-electron chi connectivity index (χ1n) is 9.75. The van der Waals surface area contributed by atoms with Gasteiger partial charge in [0.15, 0.2) is 0 Å². The van der Waals surface area contributed by atoms with Gasteiger partial charge in [-0.3, -0.25) is 14.3 Å². The summed E-state index contributed by atoms with van der Waals surface area (Å²) in [6.45, 7) is 4.62. The number of hydrogen-bond acceptors (Lipinski definition) is 4. The monoisotopic (exact) mass is 435 g/mol. The lowest BCUT2D eigenvalue weighted by Gasteiger charge is -2.09. The first-order chi connectivity index (χ1) is 14.6. The average Bonchev–Trinajstić information content (AvgIpc) is 3.00. The summed E-state index contributed by atoms with van der Waals surface area (Å²) in [5.74, 6) is -0.702. The summed E-state index contributed by atoms with van der Waals surface area (Å²) in [5.41, 5.74) is 2.02. The molecule has 0 aliphatic carbocycles. The van der Waals surface area contributed by atoms with Crippen LogP contribution in [0.2, 0.25) is 0 Å². The van der Waals surface area contributed by atoms with E-state index in [1.165, 1.54) is 0 Å². The van der Waals surface area contributed by atoms with Crippen molar-refractivity contribution < 1.29 is 22.8 Å². The van der Waals surface area contributed by atoms with Crippen molar-refractivity contribution in [1.29, 1.82) is 5.26 Å². The fourth-order valence-corrected chi connectivity index (χ4v) is 3.09. The Bertz CT molecular complexity index is 959. The second-order valence-electron chi connectivity index (χ2n) is 6.96. The van der Waals surface area contributed by atoms with E-state index < -0.39 is 17.6 Å². The number of nitrogens with one attached hydrogen (secondary N) is 2. The van der Waals surface area contributed by atoms with Crippen molar-refractivity contribution in [2.45, 2.75) is 45.8 Å². The van der Waals surface area contributed by atoms with E-state index in [1.807, 2.05) is 13.8 Å². The molecule has 0 radical (unpaired) electrons. The molecular formula is C21H24F3N5O2. The molecule has 1 aromatic heterocycles. The van der Waals surface area contributed by atoms with Crippen LogP contribution in [0.25, 0.3) is 0 Å². The first-order valence-corrected chi connectivity index (χ1v) is 9.75. The minimum Gasteiger partial charge on any atom is -0.354 e. The van der Waals surface area contributed by atoms with E-state index in [1.54, 1.807) is 4.68 Å². The Kier molecular flexibility index (Phi) is 8.19. The van der Waals surface area contributed by atoms with Gasteiger partial charge in [-0.15, -0.1) is 0 Å². The predicted molar refractivity (Wildman–Crippen MR) is 107 cm³/mol. The molecular weight excluding hydrogens is 411 g/mol. The third-order valence-corrected chi connectivity index (χ3v) is 4.78. The highest BCUT2D eigenvalue weighted by atomic mass is 19.4. The second-order valence-corrected chi connectivity index (χ2v) is 6.96. The zero-order valence-corrected chi connectivity index (χ0v) is 17.3. The molecule has 0 saturated carbocycles. The van der Waals surface area contributed by atoms with Gasteiger partial charge in [0.25, 0.3) is 5.91 Å². The summed E-state index contributed by atoms with van der Waals surface area (Å²) in [4.78, 5) is 24.0. The van der Waals surface area contributed by atoms with Crippen LogP contribution in [0.4, 0.5) is 13.2 Å². The minimum absolute atomic E-state index is 0.110. The Morgan fingerprint density at radius 1 is 1.13 bits per heavy atom. The molecule has 1 aromatic carbocycles. The first kappa shape index (κ1) is 23.9. The standard InChI is InChI=1S/C21H24F3N5O2/c1-14-18(15(2)29(28-14)13-3-10-25)8-9-19(30)26-11-12-27-20(31)16-4-6-17(7-5-16)21(22,23)24/h4-7H,3,8-9,11-13H2,1-2H3,(H,26,30)(H,27,31). The molecule has 0 aliphatic rings. The number of aryl methyl sites for hydroxylation is 2. The van der Waals surface area contributed by atoms with Gasteiger partial charge in [0.1, 0.15) is 0 Å². The molecule has 166 valence electrons.